The van der Waals surface area contributed by atoms with Crippen molar-refractivity contribution in [3.63, 3.8) is 0 Å². The summed E-state index contributed by atoms with van der Waals surface area (Å²) in [5.41, 5.74) is -0.0646. The topological polar surface area (TPSA) is 93.9 Å². The summed E-state index contributed by atoms with van der Waals surface area (Å²) in [6, 6.07) is 5.76. The summed E-state index contributed by atoms with van der Waals surface area (Å²) in [7, 11) is 0. The van der Waals surface area contributed by atoms with Crippen molar-refractivity contribution < 1.29 is 19.2 Å². The molecule has 0 aromatic heterocycles. The summed E-state index contributed by atoms with van der Waals surface area (Å²) in [5.74, 6) is 0.0531. The Morgan fingerprint density at radius 2 is 2.18 bits per heavy atom. The Balaban J connectivity index is 1.66. The number of ether oxygens (including phenoxy) is 2. The summed E-state index contributed by atoms with van der Waals surface area (Å²) in [6.07, 6.45) is 0. The Morgan fingerprint density at radius 1 is 1.41 bits per heavy atom. The van der Waals surface area contributed by atoms with Crippen LogP contribution in [0.3, 0.4) is 0 Å². The molecule has 0 saturated carbocycles. The first-order valence-electron chi connectivity index (χ1n) is 7.09. The second kappa shape index (κ2) is 8.30. The van der Waals surface area contributed by atoms with Crippen LogP contribution in [0.1, 0.15) is 0 Å². The zero-order chi connectivity index (χ0) is 15.8. The lowest BCUT2D eigenvalue weighted by Gasteiger charge is -2.26. The smallest absolute Gasteiger partial charge is 0.273 e. The van der Waals surface area contributed by atoms with E-state index in [1.807, 2.05) is 0 Å². The second-order valence-corrected chi connectivity index (χ2v) is 4.85. The number of carbonyl (C=O) groups is 1. The molecule has 1 aliphatic heterocycles. The number of carbonyl (C=O) groups excluding carboxylic acids is 1. The minimum atomic E-state index is -0.505. The monoisotopic (exact) mass is 309 g/mol. The van der Waals surface area contributed by atoms with Crippen LogP contribution in [-0.4, -0.2) is 61.7 Å². The maximum absolute atomic E-state index is 11.7. The zero-order valence-electron chi connectivity index (χ0n) is 12.2. The van der Waals surface area contributed by atoms with Gasteiger partial charge in [-0.25, -0.2) is 0 Å². The third-order valence-corrected chi connectivity index (χ3v) is 3.25. The van der Waals surface area contributed by atoms with Gasteiger partial charge in [0, 0.05) is 32.2 Å². The molecular weight excluding hydrogens is 290 g/mol. The van der Waals surface area contributed by atoms with Crippen molar-refractivity contribution >= 4 is 11.6 Å². The van der Waals surface area contributed by atoms with E-state index in [4.69, 9.17) is 9.47 Å². The molecule has 0 bridgehead atoms. The van der Waals surface area contributed by atoms with Crippen LogP contribution in [0.15, 0.2) is 24.3 Å². The van der Waals surface area contributed by atoms with Gasteiger partial charge >= 0.3 is 0 Å². The molecule has 0 atom stereocenters. The first kappa shape index (κ1) is 16.2. The van der Waals surface area contributed by atoms with E-state index in [0.717, 1.165) is 32.8 Å². The predicted octanol–water partition coefficient (Wildman–Crippen LogP) is 0.422. The van der Waals surface area contributed by atoms with Crippen LogP contribution in [-0.2, 0) is 9.53 Å². The predicted molar refractivity (Wildman–Crippen MR) is 78.9 cm³/mol. The molecule has 0 radical (unpaired) electrons. The van der Waals surface area contributed by atoms with E-state index < -0.39 is 4.92 Å². The normalized spacial score (nSPS) is 15.3. The molecule has 0 unspecified atom stereocenters. The van der Waals surface area contributed by atoms with E-state index in [9.17, 15) is 14.9 Å². The number of nitro groups is 1. The highest BCUT2D eigenvalue weighted by molar-refractivity contribution is 5.77. The Labute approximate surface area is 128 Å². The average molecular weight is 309 g/mol. The summed E-state index contributed by atoms with van der Waals surface area (Å²) in [5, 5.41) is 13.4. The van der Waals surface area contributed by atoms with Crippen LogP contribution in [0.5, 0.6) is 5.75 Å². The number of hydrogen-bond acceptors (Lipinski definition) is 6. The van der Waals surface area contributed by atoms with Gasteiger partial charge in [-0.2, -0.15) is 0 Å². The second-order valence-electron chi connectivity index (χ2n) is 4.85. The van der Waals surface area contributed by atoms with E-state index in [-0.39, 0.29) is 18.2 Å². The molecule has 120 valence electrons. The number of nitrogens with one attached hydrogen (secondary N) is 1. The van der Waals surface area contributed by atoms with E-state index in [1.54, 1.807) is 6.07 Å². The molecule has 1 aliphatic rings. The molecule has 0 spiro atoms. The highest BCUT2D eigenvalue weighted by atomic mass is 16.6. The molecular formula is C14H19N3O5. The fraction of sp³-hybridized carbons (Fsp3) is 0.500. The summed E-state index contributed by atoms with van der Waals surface area (Å²) < 4.78 is 10.5. The number of amides is 1. The van der Waals surface area contributed by atoms with E-state index in [0.29, 0.717) is 12.3 Å². The third kappa shape index (κ3) is 5.30. The molecule has 1 amide bonds. The minimum Gasteiger partial charge on any atom is -0.484 e. The van der Waals surface area contributed by atoms with Crippen LogP contribution in [0.2, 0.25) is 0 Å². The summed E-state index contributed by atoms with van der Waals surface area (Å²) in [6.45, 7) is 4.35. The average Bonchev–Trinajstić information content (AvgIpc) is 2.54. The molecule has 1 saturated heterocycles. The van der Waals surface area contributed by atoms with Crippen molar-refractivity contribution in [2.24, 2.45) is 0 Å². The highest BCUT2D eigenvalue weighted by Gasteiger charge is 2.11. The fourth-order valence-electron chi connectivity index (χ4n) is 2.06. The van der Waals surface area contributed by atoms with Gasteiger partial charge in [0.25, 0.3) is 11.6 Å². The third-order valence-electron chi connectivity index (χ3n) is 3.25. The van der Waals surface area contributed by atoms with Crippen LogP contribution in [0.25, 0.3) is 0 Å². The van der Waals surface area contributed by atoms with E-state index in [2.05, 4.69) is 10.2 Å². The molecule has 1 aromatic carbocycles. The minimum absolute atomic E-state index is 0.0646. The number of benzene rings is 1. The van der Waals surface area contributed by atoms with Crippen molar-refractivity contribution in [3.8, 4) is 5.75 Å². The van der Waals surface area contributed by atoms with E-state index >= 15 is 0 Å². The van der Waals surface area contributed by atoms with Crippen LogP contribution >= 0.6 is 0 Å². The molecule has 1 heterocycles. The maximum atomic E-state index is 11.7. The molecule has 1 fully saturated rings. The number of morpholine rings is 1. The maximum Gasteiger partial charge on any atom is 0.273 e. The Hall–Kier alpha value is -2.19. The van der Waals surface area contributed by atoms with E-state index in [1.165, 1.54) is 18.2 Å². The summed E-state index contributed by atoms with van der Waals surface area (Å²) in [4.78, 5) is 24.0. The van der Waals surface area contributed by atoms with Crippen molar-refractivity contribution in [2.75, 3.05) is 46.0 Å². The van der Waals surface area contributed by atoms with Gasteiger partial charge < -0.3 is 14.8 Å². The van der Waals surface area contributed by atoms with Gasteiger partial charge in [-0.1, -0.05) is 6.07 Å². The van der Waals surface area contributed by atoms with Crippen molar-refractivity contribution in [3.05, 3.63) is 34.4 Å². The largest absolute Gasteiger partial charge is 0.484 e. The van der Waals surface area contributed by atoms with Crippen molar-refractivity contribution in [1.82, 2.24) is 10.2 Å². The first-order chi connectivity index (χ1) is 10.6. The SMILES string of the molecule is O=C(COc1cccc([N+](=O)[O-])c1)NCCN1CCOCC1. The number of rotatable bonds is 7. The van der Waals surface area contributed by atoms with Gasteiger partial charge in [-0.3, -0.25) is 19.8 Å². The molecule has 8 nitrogen and oxygen atoms in total. The Bertz CT molecular complexity index is 517. The molecule has 2 rings (SSSR count). The summed E-state index contributed by atoms with van der Waals surface area (Å²) >= 11 is 0. The molecule has 1 N–H and O–H groups in total. The van der Waals surface area contributed by atoms with Gasteiger partial charge in [0.15, 0.2) is 6.61 Å². The Morgan fingerprint density at radius 3 is 2.91 bits per heavy atom. The van der Waals surface area contributed by atoms with Crippen LogP contribution in [0, 0.1) is 10.1 Å². The number of nitrogens with zero attached hydrogens (tertiary/aromatic N) is 2. The first-order valence-corrected chi connectivity index (χ1v) is 7.09. The number of hydrogen-bond donors (Lipinski definition) is 1. The lowest BCUT2D eigenvalue weighted by Crippen LogP contribution is -2.42. The van der Waals surface area contributed by atoms with Crippen molar-refractivity contribution in [1.29, 1.82) is 0 Å². The molecule has 1 aromatic rings. The number of non-ortho nitro benzene ring substituents is 1. The Kier molecular flexibility index (Phi) is 6.11. The van der Waals surface area contributed by atoms with Crippen LogP contribution in [0.4, 0.5) is 5.69 Å². The standard InChI is InChI=1S/C14H19N3O5/c18-14(15-4-5-16-6-8-21-9-7-16)11-22-13-3-1-2-12(10-13)17(19)20/h1-3,10H,4-9,11H2,(H,15,18). The van der Waals surface area contributed by atoms with Gasteiger partial charge in [0.1, 0.15) is 5.75 Å². The molecule has 8 heteroatoms. The van der Waals surface area contributed by atoms with Gasteiger partial charge in [-0.05, 0) is 6.07 Å². The van der Waals surface area contributed by atoms with Gasteiger partial charge in [-0.15, -0.1) is 0 Å². The highest BCUT2D eigenvalue weighted by Crippen LogP contribution is 2.18. The molecule has 0 aliphatic carbocycles. The molecule has 22 heavy (non-hydrogen) atoms. The quantitative estimate of drug-likeness (QED) is 0.579. The van der Waals surface area contributed by atoms with Gasteiger partial charge in [0.05, 0.1) is 24.2 Å². The zero-order valence-corrected chi connectivity index (χ0v) is 12.2. The van der Waals surface area contributed by atoms with Crippen molar-refractivity contribution in [2.45, 2.75) is 0 Å². The lowest BCUT2D eigenvalue weighted by atomic mass is 10.3. The van der Waals surface area contributed by atoms with Gasteiger partial charge in [0.2, 0.25) is 0 Å². The fourth-order valence-corrected chi connectivity index (χ4v) is 2.06. The lowest BCUT2D eigenvalue weighted by molar-refractivity contribution is -0.384. The number of nitro benzene ring substituents is 1. The van der Waals surface area contributed by atoms with Crippen LogP contribution < -0.4 is 10.1 Å².